The lowest BCUT2D eigenvalue weighted by Crippen LogP contribution is -2.47. The first kappa shape index (κ1) is 21.4. The van der Waals surface area contributed by atoms with Gasteiger partial charge < -0.3 is 15.5 Å². The van der Waals surface area contributed by atoms with Crippen LogP contribution in [0, 0.1) is 13.8 Å². The van der Waals surface area contributed by atoms with Crippen molar-refractivity contribution in [1.29, 1.82) is 0 Å². The lowest BCUT2D eigenvalue weighted by Gasteiger charge is -2.18. The van der Waals surface area contributed by atoms with Crippen molar-refractivity contribution < 1.29 is 19.8 Å². The predicted molar refractivity (Wildman–Crippen MR) is 107 cm³/mol. The molecule has 2 amide bonds. The SMILES string of the molecule is Cc1ccc(-n2nc(C(C)(C)C)cc2NC(=O)NCC(C)(O)C(=O)O)c(C)c1. The fraction of sp³-hybridized carbons (Fsp3) is 0.450. The highest BCUT2D eigenvalue weighted by atomic mass is 16.4. The molecule has 0 bridgehead atoms. The van der Waals surface area contributed by atoms with Gasteiger partial charge >= 0.3 is 12.0 Å². The van der Waals surface area contributed by atoms with Gasteiger partial charge in [0.1, 0.15) is 5.82 Å². The van der Waals surface area contributed by atoms with Crippen molar-refractivity contribution >= 4 is 17.8 Å². The Labute approximate surface area is 164 Å². The third kappa shape index (κ3) is 4.89. The van der Waals surface area contributed by atoms with Crippen molar-refractivity contribution in [2.75, 3.05) is 11.9 Å². The molecule has 0 aliphatic carbocycles. The van der Waals surface area contributed by atoms with Crippen LogP contribution in [0.1, 0.15) is 44.5 Å². The molecule has 1 atom stereocenters. The van der Waals surface area contributed by atoms with Gasteiger partial charge in [-0.05, 0) is 32.4 Å². The van der Waals surface area contributed by atoms with Gasteiger partial charge in [-0.2, -0.15) is 5.10 Å². The van der Waals surface area contributed by atoms with E-state index in [0.29, 0.717) is 5.82 Å². The topological polar surface area (TPSA) is 116 Å². The summed E-state index contributed by atoms with van der Waals surface area (Å²) in [5.74, 6) is -0.965. The molecule has 2 rings (SSSR count). The minimum absolute atomic E-state index is 0.232. The molecule has 0 radical (unpaired) electrons. The molecule has 152 valence electrons. The maximum atomic E-state index is 12.3. The molecule has 0 saturated carbocycles. The average molecular weight is 388 g/mol. The summed E-state index contributed by atoms with van der Waals surface area (Å²) in [7, 11) is 0. The van der Waals surface area contributed by atoms with Crippen molar-refractivity contribution in [3.63, 3.8) is 0 Å². The molecule has 2 aromatic rings. The Balaban J connectivity index is 2.33. The number of nitrogens with zero attached hydrogens (tertiary/aromatic N) is 2. The first-order chi connectivity index (χ1) is 12.8. The molecule has 0 fully saturated rings. The normalized spacial score (nSPS) is 13.7. The number of aromatic nitrogens is 2. The van der Waals surface area contributed by atoms with Crippen LogP contribution in [0.3, 0.4) is 0 Å². The van der Waals surface area contributed by atoms with Gasteiger partial charge in [0.25, 0.3) is 0 Å². The number of carbonyl (C=O) groups excluding carboxylic acids is 1. The second-order valence-electron chi connectivity index (χ2n) is 8.25. The Morgan fingerprint density at radius 3 is 2.32 bits per heavy atom. The number of aryl methyl sites for hydroxylation is 2. The molecule has 8 heteroatoms. The van der Waals surface area contributed by atoms with Crippen LogP contribution in [-0.4, -0.2) is 44.1 Å². The van der Waals surface area contributed by atoms with E-state index in [0.717, 1.165) is 29.4 Å². The number of carboxylic acids is 1. The summed E-state index contributed by atoms with van der Waals surface area (Å²) >= 11 is 0. The molecule has 0 spiro atoms. The van der Waals surface area contributed by atoms with Gasteiger partial charge in [0, 0.05) is 11.5 Å². The molecular formula is C20H28N4O4. The van der Waals surface area contributed by atoms with E-state index in [4.69, 9.17) is 5.11 Å². The Bertz CT molecular complexity index is 894. The lowest BCUT2D eigenvalue weighted by atomic mass is 9.92. The maximum Gasteiger partial charge on any atom is 0.337 e. The van der Waals surface area contributed by atoms with Crippen molar-refractivity contribution in [2.45, 2.75) is 52.6 Å². The van der Waals surface area contributed by atoms with Gasteiger partial charge in [-0.15, -0.1) is 0 Å². The molecule has 1 aromatic heterocycles. The van der Waals surface area contributed by atoms with E-state index in [1.807, 2.05) is 52.8 Å². The predicted octanol–water partition coefficient (Wildman–Crippen LogP) is 2.74. The minimum Gasteiger partial charge on any atom is -0.479 e. The molecule has 0 aliphatic rings. The van der Waals surface area contributed by atoms with E-state index >= 15 is 0 Å². The summed E-state index contributed by atoms with van der Waals surface area (Å²) in [6, 6.07) is 7.08. The zero-order valence-corrected chi connectivity index (χ0v) is 17.1. The first-order valence-electron chi connectivity index (χ1n) is 9.00. The van der Waals surface area contributed by atoms with E-state index in [9.17, 15) is 14.7 Å². The third-order valence-corrected chi connectivity index (χ3v) is 4.35. The molecule has 28 heavy (non-hydrogen) atoms. The maximum absolute atomic E-state index is 12.3. The number of aliphatic hydroxyl groups is 1. The van der Waals surface area contributed by atoms with E-state index in [1.54, 1.807) is 10.7 Å². The molecule has 1 aromatic carbocycles. The van der Waals surface area contributed by atoms with Crippen LogP contribution in [0.15, 0.2) is 24.3 Å². The van der Waals surface area contributed by atoms with Gasteiger partial charge in [-0.1, -0.05) is 38.5 Å². The van der Waals surface area contributed by atoms with Gasteiger partial charge in [-0.3, -0.25) is 5.32 Å². The molecule has 1 unspecified atom stereocenters. The quantitative estimate of drug-likeness (QED) is 0.628. The number of nitrogens with one attached hydrogen (secondary N) is 2. The lowest BCUT2D eigenvalue weighted by molar-refractivity contribution is -0.155. The number of hydrogen-bond acceptors (Lipinski definition) is 4. The number of benzene rings is 1. The van der Waals surface area contributed by atoms with E-state index < -0.39 is 24.1 Å². The smallest absolute Gasteiger partial charge is 0.337 e. The van der Waals surface area contributed by atoms with Crippen LogP contribution < -0.4 is 10.6 Å². The van der Waals surface area contributed by atoms with Gasteiger partial charge in [0.2, 0.25) is 0 Å². The van der Waals surface area contributed by atoms with Crippen LogP contribution >= 0.6 is 0 Å². The summed E-state index contributed by atoms with van der Waals surface area (Å²) in [5, 5.41) is 28.4. The van der Waals surface area contributed by atoms with Crippen molar-refractivity contribution in [2.24, 2.45) is 0 Å². The number of rotatable bonds is 5. The summed E-state index contributed by atoms with van der Waals surface area (Å²) in [6.45, 7) is 10.7. The van der Waals surface area contributed by atoms with E-state index in [1.165, 1.54) is 0 Å². The second kappa shape index (κ2) is 7.63. The van der Waals surface area contributed by atoms with Crippen LogP contribution in [0.25, 0.3) is 5.69 Å². The number of anilines is 1. The summed E-state index contributed by atoms with van der Waals surface area (Å²) in [6.07, 6.45) is 0. The fourth-order valence-corrected chi connectivity index (χ4v) is 2.55. The molecule has 8 nitrogen and oxygen atoms in total. The highest BCUT2D eigenvalue weighted by molar-refractivity contribution is 5.89. The summed E-state index contributed by atoms with van der Waals surface area (Å²) < 4.78 is 1.66. The van der Waals surface area contributed by atoms with Gasteiger partial charge in [0.05, 0.1) is 17.9 Å². The van der Waals surface area contributed by atoms with Crippen LogP contribution in [0.5, 0.6) is 0 Å². The number of aliphatic carboxylic acids is 1. The molecule has 0 saturated heterocycles. The second-order valence-corrected chi connectivity index (χ2v) is 8.25. The Morgan fingerprint density at radius 2 is 1.79 bits per heavy atom. The zero-order valence-electron chi connectivity index (χ0n) is 17.1. The van der Waals surface area contributed by atoms with Crippen LogP contribution in [-0.2, 0) is 10.2 Å². The number of carboxylic acid groups (broad SMARTS) is 1. The standard InChI is InChI=1S/C20H28N4O4/c1-12-7-8-14(13(2)9-12)24-16(10-15(23-24)19(3,4)5)22-18(27)21-11-20(6,28)17(25)26/h7-10,28H,11H2,1-6H3,(H,25,26)(H2,21,22,27). The average Bonchev–Trinajstić information content (AvgIpc) is 2.97. The Hall–Kier alpha value is -2.87. The highest BCUT2D eigenvalue weighted by Crippen LogP contribution is 2.27. The monoisotopic (exact) mass is 388 g/mol. The fourth-order valence-electron chi connectivity index (χ4n) is 2.55. The first-order valence-corrected chi connectivity index (χ1v) is 9.00. The van der Waals surface area contributed by atoms with E-state index in [-0.39, 0.29) is 5.41 Å². The van der Waals surface area contributed by atoms with Crippen molar-refractivity contribution in [3.8, 4) is 5.69 Å². The van der Waals surface area contributed by atoms with Crippen LogP contribution in [0.4, 0.5) is 10.6 Å². The van der Waals surface area contributed by atoms with Crippen molar-refractivity contribution in [3.05, 3.63) is 41.1 Å². The van der Waals surface area contributed by atoms with Crippen molar-refractivity contribution in [1.82, 2.24) is 15.1 Å². The molecule has 0 aliphatic heterocycles. The highest BCUT2D eigenvalue weighted by Gasteiger charge is 2.30. The third-order valence-electron chi connectivity index (χ3n) is 4.35. The number of carbonyl (C=O) groups is 2. The van der Waals surface area contributed by atoms with E-state index in [2.05, 4.69) is 15.7 Å². The number of amides is 2. The molecule has 1 heterocycles. The summed E-state index contributed by atoms with van der Waals surface area (Å²) in [4.78, 5) is 23.3. The van der Waals surface area contributed by atoms with Gasteiger partial charge in [0.15, 0.2) is 5.60 Å². The molecular weight excluding hydrogens is 360 g/mol. The van der Waals surface area contributed by atoms with Crippen LogP contribution in [0.2, 0.25) is 0 Å². The largest absolute Gasteiger partial charge is 0.479 e. The van der Waals surface area contributed by atoms with Gasteiger partial charge in [-0.25, -0.2) is 14.3 Å². The number of urea groups is 1. The summed E-state index contributed by atoms with van der Waals surface area (Å²) in [5.41, 5.74) is 1.45. The number of hydrogen-bond donors (Lipinski definition) is 4. The molecule has 4 N–H and O–H groups in total. The Kier molecular flexibility index (Phi) is 5.84. The minimum atomic E-state index is -2.05. The Morgan fingerprint density at radius 1 is 1.14 bits per heavy atom. The zero-order chi connectivity index (χ0) is 21.3.